The minimum atomic E-state index is -4.26. The summed E-state index contributed by atoms with van der Waals surface area (Å²) in [7, 11) is 1.52. The van der Waals surface area contributed by atoms with Gasteiger partial charge < -0.3 is 28.6 Å². The minimum absolute atomic E-state index is 0.0121. The van der Waals surface area contributed by atoms with Gasteiger partial charge in [-0.25, -0.2) is 4.57 Å². The summed E-state index contributed by atoms with van der Waals surface area (Å²) in [6.45, 7) is 2.66. The van der Waals surface area contributed by atoms with Crippen molar-refractivity contribution in [2.75, 3.05) is 31.8 Å². The van der Waals surface area contributed by atoms with Crippen LogP contribution in [0.3, 0.4) is 0 Å². The maximum atomic E-state index is 13.0. The van der Waals surface area contributed by atoms with E-state index < -0.39 is 33.0 Å². The lowest BCUT2D eigenvalue weighted by molar-refractivity contribution is -0.670. The largest absolute Gasteiger partial charge is 0.504 e. The number of phenolic OH excluding ortho intramolecular Hbond substituents is 1. The first kappa shape index (κ1) is 27.6. The molecule has 3 aromatic rings. The molecule has 0 amide bonds. The van der Waals surface area contributed by atoms with Gasteiger partial charge in [0.15, 0.2) is 41.2 Å². The average molecular weight is 559 g/mol. The lowest BCUT2D eigenvalue weighted by Gasteiger charge is -2.21. The Labute approximate surface area is 224 Å². The second-order valence-electron chi connectivity index (χ2n) is 9.07. The zero-order valence-corrected chi connectivity index (χ0v) is 23.1. The first-order chi connectivity index (χ1) is 18.3. The van der Waals surface area contributed by atoms with Crippen molar-refractivity contribution in [3.05, 3.63) is 63.0 Å². The molecule has 1 aliphatic carbocycles. The molecule has 206 valence electrons. The molecule has 2 heterocycles. The number of aromatic nitrogens is 2. The van der Waals surface area contributed by atoms with Crippen LogP contribution in [0.1, 0.15) is 33.2 Å². The zero-order chi connectivity index (χ0) is 28.8. The van der Waals surface area contributed by atoms with E-state index in [0.29, 0.717) is 10.8 Å². The number of Topliss-reactive ketones (excluding diaryl/α,β-unsaturated/α-hetero) is 2. The molecular weight excluding hydrogens is 530 g/mol. The van der Waals surface area contributed by atoms with Crippen molar-refractivity contribution in [1.82, 2.24) is 4.57 Å². The summed E-state index contributed by atoms with van der Waals surface area (Å²) in [6.07, 6.45) is 4.53. The van der Waals surface area contributed by atoms with Gasteiger partial charge in [-0.3, -0.25) is 14.4 Å². The lowest BCUT2D eigenvalue weighted by atomic mass is 9.89. The highest BCUT2D eigenvalue weighted by Gasteiger charge is 2.35. The number of aromatic hydroxyl groups is 1. The smallest absolute Gasteiger partial charge is 0.310 e. The van der Waals surface area contributed by atoms with Crippen LogP contribution in [0.15, 0.2) is 40.8 Å². The van der Waals surface area contributed by atoms with Gasteiger partial charge in [-0.2, -0.15) is 8.42 Å². The molecule has 2 aromatic heterocycles. The number of ether oxygens (including phenoxy) is 2. The Bertz CT molecular complexity index is 1750. The third kappa shape index (κ3) is 4.69. The third-order valence-electron chi connectivity index (χ3n) is 6.50. The summed E-state index contributed by atoms with van der Waals surface area (Å²) >= 11 is 0. The fourth-order valence-corrected chi connectivity index (χ4v) is 5.46. The molecule has 4 rings (SSSR count). The van der Waals surface area contributed by atoms with Crippen molar-refractivity contribution in [2.24, 2.45) is 14.1 Å². The topological polar surface area (TPSA) is 154 Å². The van der Waals surface area contributed by atoms with Crippen LogP contribution in [0.2, 0.25) is 0 Å². The van der Waals surface area contributed by atoms with Crippen LogP contribution in [-0.4, -0.2) is 56.2 Å². The number of ketones is 2. The second kappa shape index (κ2) is 10.1. The summed E-state index contributed by atoms with van der Waals surface area (Å²) in [6, 6.07) is 1.61. The molecule has 39 heavy (non-hydrogen) atoms. The molecule has 0 unspecified atom stereocenters. The van der Waals surface area contributed by atoms with Gasteiger partial charge in [-0.15, -0.1) is 0 Å². The van der Waals surface area contributed by atoms with Gasteiger partial charge in [0.2, 0.25) is 5.78 Å². The number of methoxy groups -OCH3 is 2. The molecule has 0 saturated carbocycles. The molecule has 0 fully saturated rings. The number of phenols is 1. The number of carbonyl (C=O) groups is 2. The van der Waals surface area contributed by atoms with E-state index in [4.69, 9.17) is 13.7 Å². The van der Waals surface area contributed by atoms with Crippen LogP contribution in [0.25, 0.3) is 10.8 Å². The van der Waals surface area contributed by atoms with Gasteiger partial charge in [0.1, 0.15) is 18.5 Å². The van der Waals surface area contributed by atoms with E-state index >= 15 is 0 Å². The SMILES string of the molecule is COC1=C(C)C(=O)c2c(cn(C)c(=O)c2NCCS(=O)(=O)Oc2c(C)c(OC)c(O)c3c[n+](C)ccc23)C1=O. The Hall–Kier alpha value is -4.39. The highest BCUT2D eigenvalue weighted by molar-refractivity contribution is 7.87. The Kier molecular flexibility index (Phi) is 7.13. The molecule has 0 saturated heterocycles. The van der Waals surface area contributed by atoms with Crippen LogP contribution < -0.4 is 24.4 Å². The Morgan fingerprint density at radius 1 is 1.05 bits per heavy atom. The molecule has 0 bridgehead atoms. The Morgan fingerprint density at radius 3 is 2.38 bits per heavy atom. The van der Waals surface area contributed by atoms with Gasteiger partial charge in [0.05, 0.1) is 30.7 Å². The summed E-state index contributed by atoms with van der Waals surface area (Å²) in [5.41, 5.74) is -0.660. The molecule has 2 N–H and O–H groups in total. The highest BCUT2D eigenvalue weighted by atomic mass is 32.2. The number of hydrogen-bond donors (Lipinski definition) is 2. The predicted molar refractivity (Wildman–Crippen MR) is 141 cm³/mol. The minimum Gasteiger partial charge on any atom is -0.504 e. The summed E-state index contributed by atoms with van der Waals surface area (Å²) in [5, 5.41) is 14.0. The fraction of sp³-hybridized carbons (Fsp3) is 0.308. The number of nitrogens with one attached hydrogen (secondary N) is 1. The van der Waals surface area contributed by atoms with E-state index in [9.17, 15) is 27.9 Å². The second-order valence-corrected chi connectivity index (χ2v) is 10.8. The van der Waals surface area contributed by atoms with E-state index in [2.05, 4.69) is 5.32 Å². The molecule has 0 atom stereocenters. The Balaban J connectivity index is 1.65. The van der Waals surface area contributed by atoms with Gasteiger partial charge >= 0.3 is 10.1 Å². The Morgan fingerprint density at radius 2 is 1.74 bits per heavy atom. The van der Waals surface area contributed by atoms with Gasteiger partial charge in [0.25, 0.3) is 5.56 Å². The van der Waals surface area contributed by atoms with Gasteiger partial charge in [-0.1, -0.05) is 0 Å². The average Bonchev–Trinajstić information content (AvgIpc) is 2.88. The molecular formula is C26H28N3O9S+. The fourth-order valence-electron chi connectivity index (χ4n) is 4.55. The van der Waals surface area contributed by atoms with Crippen LogP contribution in [0, 0.1) is 6.92 Å². The maximum Gasteiger partial charge on any atom is 0.310 e. The van der Waals surface area contributed by atoms with Crippen molar-refractivity contribution >= 4 is 38.1 Å². The number of anilines is 1. The number of carbonyl (C=O) groups excluding carboxylic acids is 2. The predicted octanol–water partition coefficient (Wildman–Crippen LogP) is 1.51. The lowest BCUT2D eigenvalue weighted by Crippen LogP contribution is -2.32. The third-order valence-corrected chi connectivity index (χ3v) is 7.63. The quantitative estimate of drug-likeness (QED) is 0.307. The monoisotopic (exact) mass is 558 g/mol. The maximum absolute atomic E-state index is 13.0. The number of rotatable bonds is 8. The molecule has 0 aliphatic heterocycles. The number of fused-ring (bicyclic) bond motifs is 2. The molecule has 0 spiro atoms. The molecule has 1 aromatic carbocycles. The summed E-state index contributed by atoms with van der Waals surface area (Å²) in [4.78, 5) is 38.8. The van der Waals surface area contributed by atoms with Crippen LogP contribution in [-0.2, 0) is 29.0 Å². The van der Waals surface area contributed by atoms with Crippen LogP contribution in [0.4, 0.5) is 5.69 Å². The molecule has 12 nitrogen and oxygen atoms in total. The number of allylic oxidation sites excluding steroid dienone is 2. The number of aryl methyl sites for hydroxylation is 2. The first-order valence-corrected chi connectivity index (χ1v) is 13.3. The number of pyridine rings is 2. The summed E-state index contributed by atoms with van der Waals surface area (Å²) < 4.78 is 44.7. The molecule has 1 aliphatic rings. The number of hydrogen-bond acceptors (Lipinski definition) is 10. The van der Waals surface area contributed by atoms with Crippen molar-refractivity contribution in [1.29, 1.82) is 0 Å². The van der Waals surface area contributed by atoms with E-state index in [1.165, 1.54) is 34.4 Å². The zero-order valence-electron chi connectivity index (χ0n) is 22.2. The molecule has 0 radical (unpaired) electrons. The van der Waals surface area contributed by atoms with Crippen molar-refractivity contribution in [2.45, 2.75) is 13.8 Å². The number of benzene rings is 1. The number of nitrogens with zero attached hydrogens (tertiary/aromatic N) is 2. The van der Waals surface area contributed by atoms with Crippen molar-refractivity contribution in [3.8, 4) is 17.2 Å². The van der Waals surface area contributed by atoms with E-state index in [1.54, 1.807) is 37.0 Å². The first-order valence-electron chi connectivity index (χ1n) is 11.7. The van der Waals surface area contributed by atoms with E-state index in [-0.39, 0.29) is 57.5 Å². The highest BCUT2D eigenvalue weighted by Crippen LogP contribution is 2.44. The van der Waals surface area contributed by atoms with Crippen molar-refractivity contribution in [3.63, 3.8) is 0 Å². The van der Waals surface area contributed by atoms with Gasteiger partial charge in [0, 0.05) is 42.4 Å². The van der Waals surface area contributed by atoms with E-state index in [1.807, 2.05) is 0 Å². The summed E-state index contributed by atoms with van der Waals surface area (Å²) in [5.74, 6) is -1.94. The van der Waals surface area contributed by atoms with Crippen LogP contribution >= 0.6 is 0 Å². The van der Waals surface area contributed by atoms with Crippen molar-refractivity contribution < 1.29 is 41.3 Å². The van der Waals surface area contributed by atoms with Gasteiger partial charge in [-0.05, 0) is 13.8 Å². The standard InChI is InChI=1S/C26H27N3O9S/c1-13-20(30)18-17(22(32)24(13)36-5)12-29(4)26(33)19(18)27-8-10-39(34,35)38-23-14(2)25(37-6)21(31)16-11-28(3)9-7-15(16)23/h7,9,11-12H,8,10H2,1-6H3,(H,27,30)/p+1. The van der Waals surface area contributed by atoms with Crippen LogP contribution in [0.5, 0.6) is 17.2 Å². The normalized spacial score (nSPS) is 13.5. The molecule has 13 heteroatoms. The van der Waals surface area contributed by atoms with E-state index in [0.717, 1.165) is 4.57 Å².